The first-order valence-corrected chi connectivity index (χ1v) is 11.0. The summed E-state index contributed by atoms with van der Waals surface area (Å²) in [7, 11) is 0. The third kappa shape index (κ3) is 8.00. The van der Waals surface area contributed by atoms with E-state index in [4.69, 9.17) is 14.2 Å². The van der Waals surface area contributed by atoms with Gasteiger partial charge < -0.3 is 19.1 Å². The third-order valence-corrected chi connectivity index (χ3v) is 4.86. The van der Waals surface area contributed by atoms with Gasteiger partial charge in [-0.15, -0.1) is 0 Å². The van der Waals surface area contributed by atoms with Crippen LogP contribution in [-0.2, 0) is 16.1 Å². The standard InChI is InChI=1S/C27H29NO5/c1-2-31-26(29)17-18-28(21-22-9-5-3-6-10-22)27(30)23-13-15-25(16-14-23)33-20-19-32-24-11-7-4-8-12-24/h3-16H,2,17-21H2,1H3. The molecular weight excluding hydrogens is 418 g/mol. The second-order valence-electron chi connectivity index (χ2n) is 7.30. The van der Waals surface area contributed by atoms with Gasteiger partial charge in [-0.05, 0) is 48.9 Å². The summed E-state index contributed by atoms with van der Waals surface area (Å²) >= 11 is 0. The van der Waals surface area contributed by atoms with E-state index in [0.717, 1.165) is 11.3 Å². The molecule has 0 saturated heterocycles. The molecule has 33 heavy (non-hydrogen) atoms. The monoisotopic (exact) mass is 447 g/mol. The van der Waals surface area contributed by atoms with E-state index in [2.05, 4.69) is 0 Å². The van der Waals surface area contributed by atoms with E-state index >= 15 is 0 Å². The summed E-state index contributed by atoms with van der Waals surface area (Å²) in [5.41, 5.74) is 1.52. The van der Waals surface area contributed by atoms with Gasteiger partial charge >= 0.3 is 5.97 Å². The maximum Gasteiger partial charge on any atom is 0.307 e. The maximum absolute atomic E-state index is 13.2. The highest BCUT2D eigenvalue weighted by atomic mass is 16.5. The van der Waals surface area contributed by atoms with Crippen molar-refractivity contribution in [1.82, 2.24) is 4.90 Å². The number of hydrogen-bond donors (Lipinski definition) is 0. The van der Waals surface area contributed by atoms with E-state index in [9.17, 15) is 9.59 Å². The lowest BCUT2D eigenvalue weighted by atomic mass is 10.1. The molecule has 0 aromatic heterocycles. The van der Waals surface area contributed by atoms with Crippen LogP contribution in [-0.4, -0.2) is 43.1 Å². The van der Waals surface area contributed by atoms with Crippen molar-refractivity contribution in [3.05, 3.63) is 96.1 Å². The lowest BCUT2D eigenvalue weighted by Gasteiger charge is -2.23. The largest absolute Gasteiger partial charge is 0.490 e. The lowest BCUT2D eigenvalue weighted by Crippen LogP contribution is -2.32. The number of nitrogens with zero attached hydrogens (tertiary/aromatic N) is 1. The summed E-state index contributed by atoms with van der Waals surface area (Å²) in [5.74, 6) is 0.986. The minimum absolute atomic E-state index is 0.148. The van der Waals surface area contributed by atoms with Crippen LogP contribution >= 0.6 is 0 Å². The Morgan fingerprint density at radius 3 is 1.94 bits per heavy atom. The topological polar surface area (TPSA) is 65.1 Å². The van der Waals surface area contributed by atoms with Crippen LogP contribution in [0.15, 0.2) is 84.9 Å². The SMILES string of the molecule is CCOC(=O)CCN(Cc1ccccc1)C(=O)c1ccc(OCCOc2ccccc2)cc1. The van der Waals surface area contributed by atoms with Gasteiger partial charge in [-0.25, -0.2) is 0 Å². The molecule has 3 aromatic rings. The molecule has 0 N–H and O–H groups in total. The third-order valence-electron chi connectivity index (χ3n) is 4.86. The van der Waals surface area contributed by atoms with Crippen molar-refractivity contribution in [3.63, 3.8) is 0 Å². The number of hydrogen-bond acceptors (Lipinski definition) is 5. The van der Waals surface area contributed by atoms with E-state index in [0.29, 0.717) is 37.7 Å². The first-order valence-electron chi connectivity index (χ1n) is 11.0. The highest BCUT2D eigenvalue weighted by Crippen LogP contribution is 2.16. The molecule has 0 spiro atoms. The highest BCUT2D eigenvalue weighted by molar-refractivity contribution is 5.94. The molecule has 0 aliphatic heterocycles. The van der Waals surface area contributed by atoms with Crippen molar-refractivity contribution >= 4 is 11.9 Å². The van der Waals surface area contributed by atoms with Crippen LogP contribution in [0.2, 0.25) is 0 Å². The second kappa shape index (κ2) is 12.9. The van der Waals surface area contributed by atoms with Crippen LogP contribution in [0.4, 0.5) is 0 Å². The van der Waals surface area contributed by atoms with Crippen LogP contribution in [0.3, 0.4) is 0 Å². The number of rotatable bonds is 12. The van der Waals surface area contributed by atoms with Crippen molar-refractivity contribution in [1.29, 1.82) is 0 Å². The Balaban J connectivity index is 1.57. The molecule has 172 valence electrons. The second-order valence-corrected chi connectivity index (χ2v) is 7.30. The maximum atomic E-state index is 13.2. The van der Waals surface area contributed by atoms with Crippen LogP contribution in [0.1, 0.15) is 29.3 Å². The summed E-state index contributed by atoms with van der Waals surface area (Å²) in [6, 6.07) is 26.3. The first-order chi connectivity index (χ1) is 16.2. The summed E-state index contributed by atoms with van der Waals surface area (Å²) in [6.07, 6.45) is 0.148. The molecule has 0 heterocycles. The molecule has 0 aliphatic carbocycles. The number of benzene rings is 3. The van der Waals surface area contributed by atoms with E-state index in [1.807, 2.05) is 60.7 Å². The smallest absolute Gasteiger partial charge is 0.307 e. The van der Waals surface area contributed by atoms with Gasteiger partial charge in [0, 0.05) is 18.7 Å². The zero-order chi connectivity index (χ0) is 23.3. The molecule has 3 aromatic carbocycles. The van der Waals surface area contributed by atoms with Gasteiger partial charge in [0.25, 0.3) is 5.91 Å². The normalized spacial score (nSPS) is 10.3. The molecule has 0 fully saturated rings. The summed E-state index contributed by atoms with van der Waals surface area (Å²) in [5, 5.41) is 0. The quantitative estimate of drug-likeness (QED) is 0.296. The van der Waals surface area contributed by atoms with Crippen LogP contribution in [0, 0.1) is 0 Å². The average Bonchev–Trinajstić information content (AvgIpc) is 2.86. The van der Waals surface area contributed by atoms with Gasteiger partial charge in [0.1, 0.15) is 24.7 Å². The number of carbonyl (C=O) groups excluding carboxylic acids is 2. The Morgan fingerprint density at radius 1 is 0.758 bits per heavy atom. The summed E-state index contributed by atoms with van der Waals surface area (Å²) in [6.45, 7) is 3.59. The van der Waals surface area contributed by atoms with Crippen molar-refractivity contribution in [2.45, 2.75) is 19.9 Å². The Hall–Kier alpha value is -3.80. The molecular formula is C27H29NO5. The predicted molar refractivity (Wildman–Crippen MR) is 126 cm³/mol. The zero-order valence-electron chi connectivity index (χ0n) is 18.8. The molecule has 3 rings (SSSR count). The number of para-hydroxylation sites is 1. The van der Waals surface area contributed by atoms with Crippen LogP contribution < -0.4 is 9.47 Å². The van der Waals surface area contributed by atoms with Crippen molar-refractivity contribution in [2.24, 2.45) is 0 Å². The van der Waals surface area contributed by atoms with E-state index in [1.54, 1.807) is 36.1 Å². The summed E-state index contributed by atoms with van der Waals surface area (Å²) < 4.78 is 16.3. The van der Waals surface area contributed by atoms with Crippen molar-refractivity contribution in [2.75, 3.05) is 26.4 Å². The fourth-order valence-corrected chi connectivity index (χ4v) is 3.23. The van der Waals surface area contributed by atoms with E-state index in [1.165, 1.54) is 0 Å². The molecule has 6 nitrogen and oxygen atoms in total. The molecule has 1 amide bonds. The fourth-order valence-electron chi connectivity index (χ4n) is 3.23. The van der Waals surface area contributed by atoms with Gasteiger partial charge in [-0.1, -0.05) is 48.5 Å². The van der Waals surface area contributed by atoms with Gasteiger partial charge in [0.2, 0.25) is 0 Å². The molecule has 0 bridgehead atoms. The molecule has 0 radical (unpaired) electrons. The number of carbonyl (C=O) groups is 2. The highest BCUT2D eigenvalue weighted by Gasteiger charge is 2.18. The van der Waals surface area contributed by atoms with E-state index in [-0.39, 0.29) is 24.8 Å². The number of ether oxygens (including phenoxy) is 3. The molecule has 0 aliphatic rings. The predicted octanol–water partition coefficient (Wildman–Crippen LogP) is 4.74. The molecule has 6 heteroatoms. The van der Waals surface area contributed by atoms with Crippen LogP contribution in [0.25, 0.3) is 0 Å². The Kier molecular flexibility index (Phi) is 9.33. The lowest BCUT2D eigenvalue weighted by molar-refractivity contribution is -0.143. The van der Waals surface area contributed by atoms with Gasteiger partial charge in [-0.3, -0.25) is 9.59 Å². The minimum atomic E-state index is -0.315. The van der Waals surface area contributed by atoms with Gasteiger partial charge in [0.05, 0.1) is 13.0 Å². The Morgan fingerprint density at radius 2 is 1.33 bits per heavy atom. The molecule has 0 unspecified atom stereocenters. The van der Waals surface area contributed by atoms with Gasteiger partial charge in [0.15, 0.2) is 0 Å². The molecule has 0 atom stereocenters. The number of esters is 1. The summed E-state index contributed by atoms with van der Waals surface area (Å²) in [4.78, 5) is 26.7. The first kappa shape index (κ1) is 23.9. The molecule has 0 saturated carbocycles. The minimum Gasteiger partial charge on any atom is -0.490 e. The van der Waals surface area contributed by atoms with Crippen molar-refractivity contribution < 1.29 is 23.8 Å². The Bertz CT molecular complexity index is 990. The number of amides is 1. The van der Waals surface area contributed by atoms with Crippen molar-refractivity contribution in [3.8, 4) is 11.5 Å². The average molecular weight is 448 g/mol. The Labute approximate surface area is 194 Å². The van der Waals surface area contributed by atoms with Gasteiger partial charge in [-0.2, -0.15) is 0 Å². The fraction of sp³-hybridized carbons (Fsp3) is 0.259. The zero-order valence-corrected chi connectivity index (χ0v) is 18.8. The van der Waals surface area contributed by atoms with Crippen LogP contribution in [0.5, 0.6) is 11.5 Å². The van der Waals surface area contributed by atoms with E-state index < -0.39 is 0 Å².